The number of carbonyl (C=O) groups is 1. The summed E-state index contributed by atoms with van der Waals surface area (Å²) in [5.74, 6) is 0.0376. The third-order valence-electron chi connectivity index (χ3n) is 2.37. The van der Waals surface area contributed by atoms with Crippen LogP contribution in [0.4, 0.5) is 5.69 Å². The lowest BCUT2D eigenvalue weighted by atomic mass is 10.1. The van der Waals surface area contributed by atoms with E-state index in [1.807, 2.05) is 18.2 Å². The SMILES string of the molecule is O=C1Cc2ccc(-n3nccn3)cc2N1. The van der Waals surface area contributed by atoms with E-state index in [1.165, 1.54) is 4.80 Å². The van der Waals surface area contributed by atoms with Crippen molar-refractivity contribution in [1.82, 2.24) is 15.0 Å². The Kier molecular flexibility index (Phi) is 1.58. The molecule has 0 fully saturated rings. The van der Waals surface area contributed by atoms with Crippen LogP contribution in [-0.4, -0.2) is 20.9 Å². The lowest BCUT2D eigenvalue weighted by molar-refractivity contribution is -0.115. The van der Waals surface area contributed by atoms with Gasteiger partial charge in [-0.1, -0.05) is 6.07 Å². The van der Waals surface area contributed by atoms with Crippen molar-refractivity contribution in [3.8, 4) is 5.69 Å². The van der Waals surface area contributed by atoms with Crippen LogP contribution in [0.15, 0.2) is 30.6 Å². The summed E-state index contributed by atoms with van der Waals surface area (Å²) in [4.78, 5) is 12.7. The van der Waals surface area contributed by atoms with Crippen molar-refractivity contribution >= 4 is 11.6 Å². The van der Waals surface area contributed by atoms with Crippen LogP contribution in [0, 0.1) is 0 Å². The van der Waals surface area contributed by atoms with Gasteiger partial charge in [0.15, 0.2) is 0 Å². The summed E-state index contributed by atoms with van der Waals surface area (Å²) in [5, 5.41) is 10.8. The Hall–Kier alpha value is -2.17. The molecule has 0 atom stereocenters. The Morgan fingerprint density at radius 2 is 2.07 bits per heavy atom. The van der Waals surface area contributed by atoms with Crippen molar-refractivity contribution in [3.05, 3.63) is 36.2 Å². The summed E-state index contributed by atoms with van der Waals surface area (Å²) in [6.07, 6.45) is 3.69. The third kappa shape index (κ3) is 1.28. The van der Waals surface area contributed by atoms with E-state index in [-0.39, 0.29) is 5.91 Å². The third-order valence-corrected chi connectivity index (χ3v) is 2.37. The normalized spacial score (nSPS) is 13.7. The molecule has 0 bridgehead atoms. The molecule has 3 rings (SSSR count). The number of benzene rings is 1. The molecule has 1 aromatic heterocycles. The zero-order valence-electron chi connectivity index (χ0n) is 7.84. The molecule has 0 saturated heterocycles. The molecule has 0 aliphatic carbocycles. The van der Waals surface area contributed by atoms with Gasteiger partial charge in [0.1, 0.15) is 0 Å². The van der Waals surface area contributed by atoms with Crippen molar-refractivity contribution in [1.29, 1.82) is 0 Å². The second kappa shape index (κ2) is 2.91. The van der Waals surface area contributed by atoms with Gasteiger partial charge in [0.05, 0.1) is 24.5 Å². The monoisotopic (exact) mass is 200 g/mol. The molecule has 0 radical (unpaired) electrons. The Bertz CT molecular complexity index is 518. The van der Waals surface area contributed by atoms with Gasteiger partial charge in [-0.3, -0.25) is 4.79 Å². The molecular weight excluding hydrogens is 192 g/mol. The number of rotatable bonds is 1. The average Bonchev–Trinajstić information content (AvgIpc) is 2.82. The first kappa shape index (κ1) is 8.16. The minimum Gasteiger partial charge on any atom is -0.325 e. The highest BCUT2D eigenvalue weighted by molar-refractivity contribution is 5.99. The first-order chi connectivity index (χ1) is 7.33. The van der Waals surface area contributed by atoms with Gasteiger partial charge in [-0.05, 0) is 17.7 Å². The molecule has 1 aromatic carbocycles. The molecule has 74 valence electrons. The van der Waals surface area contributed by atoms with E-state index in [1.54, 1.807) is 12.4 Å². The summed E-state index contributed by atoms with van der Waals surface area (Å²) in [5.41, 5.74) is 2.73. The largest absolute Gasteiger partial charge is 0.325 e. The summed E-state index contributed by atoms with van der Waals surface area (Å²) in [6.45, 7) is 0. The predicted molar refractivity (Wildman–Crippen MR) is 53.7 cm³/mol. The number of hydrogen-bond donors (Lipinski definition) is 1. The van der Waals surface area contributed by atoms with E-state index in [2.05, 4.69) is 15.5 Å². The Morgan fingerprint density at radius 1 is 1.27 bits per heavy atom. The van der Waals surface area contributed by atoms with Crippen LogP contribution in [0.5, 0.6) is 0 Å². The molecule has 2 aromatic rings. The van der Waals surface area contributed by atoms with Gasteiger partial charge < -0.3 is 5.32 Å². The van der Waals surface area contributed by atoms with Gasteiger partial charge in [0.25, 0.3) is 0 Å². The van der Waals surface area contributed by atoms with E-state index >= 15 is 0 Å². The van der Waals surface area contributed by atoms with Crippen molar-refractivity contribution < 1.29 is 4.79 Å². The summed E-state index contributed by atoms with van der Waals surface area (Å²) >= 11 is 0. The molecule has 1 amide bonds. The first-order valence-electron chi connectivity index (χ1n) is 4.62. The van der Waals surface area contributed by atoms with Gasteiger partial charge in [0, 0.05) is 5.69 Å². The van der Waals surface area contributed by atoms with Crippen LogP contribution in [0.2, 0.25) is 0 Å². The maximum Gasteiger partial charge on any atom is 0.228 e. The highest BCUT2D eigenvalue weighted by Gasteiger charge is 2.17. The van der Waals surface area contributed by atoms with Gasteiger partial charge in [0.2, 0.25) is 5.91 Å². The zero-order chi connectivity index (χ0) is 10.3. The number of nitrogens with zero attached hydrogens (tertiary/aromatic N) is 3. The molecule has 1 aliphatic rings. The average molecular weight is 200 g/mol. The number of carbonyl (C=O) groups excluding carboxylic acids is 1. The van der Waals surface area contributed by atoms with Crippen molar-refractivity contribution in [2.75, 3.05) is 5.32 Å². The minimum atomic E-state index is 0.0376. The van der Waals surface area contributed by atoms with Crippen molar-refractivity contribution in [2.45, 2.75) is 6.42 Å². The Balaban J connectivity index is 2.07. The van der Waals surface area contributed by atoms with E-state index in [4.69, 9.17) is 0 Å². The number of hydrogen-bond acceptors (Lipinski definition) is 3. The number of amides is 1. The highest BCUT2D eigenvalue weighted by Crippen LogP contribution is 2.24. The Morgan fingerprint density at radius 3 is 2.87 bits per heavy atom. The van der Waals surface area contributed by atoms with Gasteiger partial charge in [-0.2, -0.15) is 15.0 Å². The number of aromatic nitrogens is 3. The van der Waals surface area contributed by atoms with E-state index in [0.29, 0.717) is 6.42 Å². The number of anilines is 1. The fourth-order valence-corrected chi connectivity index (χ4v) is 1.68. The van der Waals surface area contributed by atoms with Crippen molar-refractivity contribution in [3.63, 3.8) is 0 Å². The molecule has 5 nitrogen and oxygen atoms in total. The van der Waals surface area contributed by atoms with Crippen LogP contribution in [0.3, 0.4) is 0 Å². The van der Waals surface area contributed by atoms with Gasteiger partial charge in [-0.15, -0.1) is 0 Å². The fraction of sp³-hybridized carbons (Fsp3) is 0.100. The smallest absolute Gasteiger partial charge is 0.228 e. The Labute approximate surface area is 85.7 Å². The minimum absolute atomic E-state index is 0.0376. The van der Waals surface area contributed by atoms with Crippen LogP contribution >= 0.6 is 0 Å². The van der Waals surface area contributed by atoms with Gasteiger partial charge >= 0.3 is 0 Å². The maximum atomic E-state index is 11.1. The van der Waals surface area contributed by atoms with Crippen molar-refractivity contribution in [2.24, 2.45) is 0 Å². The highest BCUT2D eigenvalue weighted by atomic mass is 16.1. The number of fused-ring (bicyclic) bond motifs is 1. The molecule has 15 heavy (non-hydrogen) atoms. The van der Waals surface area contributed by atoms with Crippen LogP contribution in [-0.2, 0) is 11.2 Å². The molecule has 5 heteroatoms. The second-order valence-electron chi connectivity index (χ2n) is 3.38. The first-order valence-corrected chi connectivity index (χ1v) is 4.62. The lowest BCUT2D eigenvalue weighted by Gasteiger charge is -2.02. The molecule has 0 unspecified atom stereocenters. The quantitative estimate of drug-likeness (QED) is 0.739. The van der Waals surface area contributed by atoms with Crippen LogP contribution in [0.25, 0.3) is 5.69 Å². The maximum absolute atomic E-state index is 11.1. The van der Waals surface area contributed by atoms with Gasteiger partial charge in [-0.25, -0.2) is 0 Å². The lowest BCUT2D eigenvalue weighted by Crippen LogP contribution is -2.04. The summed E-state index contributed by atoms with van der Waals surface area (Å²) < 4.78 is 0. The molecule has 0 saturated carbocycles. The second-order valence-corrected chi connectivity index (χ2v) is 3.38. The summed E-state index contributed by atoms with van der Waals surface area (Å²) in [7, 11) is 0. The molecule has 1 aliphatic heterocycles. The fourth-order valence-electron chi connectivity index (χ4n) is 1.68. The van der Waals surface area contributed by atoms with Crippen LogP contribution < -0.4 is 5.32 Å². The molecule has 0 spiro atoms. The van der Waals surface area contributed by atoms with E-state index < -0.39 is 0 Å². The number of nitrogens with one attached hydrogen (secondary N) is 1. The topological polar surface area (TPSA) is 59.8 Å². The van der Waals surface area contributed by atoms with Crippen LogP contribution in [0.1, 0.15) is 5.56 Å². The van der Waals surface area contributed by atoms with E-state index in [9.17, 15) is 4.79 Å². The molecular formula is C10H8N4O. The molecule has 2 heterocycles. The van der Waals surface area contributed by atoms with E-state index in [0.717, 1.165) is 16.9 Å². The predicted octanol–water partition coefficient (Wildman–Crippen LogP) is 0.762. The molecule has 1 N–H and O–H groups in total. The summed E-state index contributed by atoms with van der Waals surface area (Å²) in [6, 6.07) is 5.70. The standard InChI is InChI=1S/C10H8N4O/c15-10-5-7-1-2-8(6-9(7)13-10)14-11-3-4-12-14/h1-4,6H,5H2,(H,13,15). The zero-order valence-corrected chi connectivity index (χ0v) is 7.84.